The molecule has 1 aromatic heterocycles. The second kappa shape index (κ2) is 8.11. The van der Waals surface area contributed by atoms with Gasteiger partial charge in [-0.15, -0.1) is 23.5 Å². The molecular weight excluding hydrogens is 371 g/mol. The summed E-state index contributed by atoms with van der Waals surface area (Å²) in [5, 5.41) is 5.47. The van der Waals surface area contributed by atoms with E-state index in [1.807, 2.05) is 48.5 Å². The zero-order chi connectivity index (χ0) is 16.1. The fourth-order valence-electron chi connectivity index (χ4n) is 1.76. The third-order valence-corrected chi connectivity index (χ3v) is 5.38. The summed E-state index contributed by atoms with van der Waals surface area (Å²) in [6.45, 7) is 0. The van der Waals surface area contributed by atoms with Crippen LogP contribution >= 0.6 is 46.7 Å². The Labute approximate surface area is 152 Å². The highest BCUT2D eigenvalue weighted by Gasteiger charge is 2.08. The largest absolute Gasteiger partial charge is 0.338 e. The number of aromatic nitrogens is 2. The van der Waals surface area contributed by atoms with E-state index in [9.17, 15) is 0 Å². The quantitative estimate of drug-likeness (QED) is 0.491. The molecular formula is C16H12Cl2N2OS2. The summed E-state index contributed by atoms with van der Waals surface area (Å²) in [6, 6.07) is 15.4. The molecule has 0 N–H and O–H groups in total. The molecule has 0 amide bonds. The maximum atomic E-state index is 5.87. The predicted octanol–water partition coefficient (Wildman–Crippen LogP) is 5.96. The van der Waals surface area contributed by atoms with Gasteiger partial charge in [0.15, 0.2) is 5.82 Å². The summed E-state index contributed by atoms with van der Waals surface area (Å²) in [5.74, 6) is 2.62. The van der Waals surface area contributed by atoms with E-state index in [0.29, 0.717) is 23.2 Å². The Morgan fingerprint density at radius 1 is 0.783 bits per heavy atom. The van der Waals surface area contributed by atoms with Crippen LogP contribution in [0.15, 0.2) is 62.8 Å². The lowest BCUT2D eigenvalue weighted by Gasteiger charge is -1.98. The van der Waals surface area contributed by atoms with Gasteiger partial charge in [0.1, 0.15) is 0 Å². The van der Waals surface area contributed by atoms with E-state index in [1.165, 1.54) is 0 Å². The molecule has 0 saturated heterocycles. The van der Waals surface area contributed by atoms with Crippen LogP contribution in [0.2, 0.25) is 10.0 Å². The highest BCUT2D eigenvalue weighted by Crippen LogP contribution is 2.25. The molecule has 0 aliphatic rings. The van der Waals surface area contributed by atoms with Crippen molar-refractivity contribution >= 4 is 46.7 Å². The Balaban J connectivity index is 1.51. The molecule has 23 heavy (non-hydrogen) atoms. The lowest BCUT2D eigenvalue weighted by Crippen LogP contribution is -1.85. The van der Waals surface area contributed by atoms with Gasteiger partial charge < -0.3 is 4.52 Å². The van der Waals surface area contributed by atoms with Crippen molar-refractivity contribution in [2.75, 3.05) is 0 Å². The first kappa shape index (κ1) is 16.7. The second-order valence-corrected chi connectivity index (χ2v) is 7.56. The zero-order valence-corrected chi connectivity index (χ0v) is 15.1. The van der Waals surface area contributed by atoms with E-state index in [2.05, 4.69) is 10.1 Å². The van der Waals surface area contributed by atoms with Crippen LogP contribution in [0.4, 0.5) is 0 Å². The van der Waals surface area contributed by atoms with E-state index < -0.39 is 0 Å². The molecule has 0 spiro atoms. The molecule has 0 aliphatic heterocycles. The summed E-state index contributed by atoms with van der Waals surface area (Å²) in [4.78, 5) is 6.64. The topological polar surface area (TPSA) is 38.9 Å². The second-order valence-electron chi connectivity index (χ2n) is 4.59. The SMILES string of the molecule is Clc1ccc(SCc2noc(CSc3ccc(Cl)cc3)n2)cc1. The smallest absolute Gasteiger partial charge is 0.237 e. The molecule has 0 radical (unpaired) electrons. The minimum Gasteiger partial charge on any atom is -0.338 e. The number of rotatable bonds is 6. The highest BCUT2D eigenvalue weighted by molar-refractivity contribution is 7.98. The van der Waals surface area contributed by atoms with E-state index in [-0.39, 0.29) is 0 Å². The maximum Gasteiger partial charge on any atom is 0.237 e. The first-order chi connectivity index (χ1) is 11.2. The van der Waals surface area contributed by atoms with Crippen LogP contribution in [-0.2, 0) is 11.5 Å². The van der Waals surface area contributed by atoms with Crippen molar-refractivity contribution in [3.63, 3.8) is 0 Å². The number of nitrogens with zero attached hydrogens (tertiary/aromatic N) is 2. The Morgan fingerprint density at radius 2 is 1.30 bits per heavy atom. The van der Waals surface area contributed by atoms with Crippen molar-refractivity contribution in [2.24, 2.45) is 0 Å². The van der Waals surface area contributed by atoms with E-state index in [4.69, 9.17) is 27.7 Å². The fraction of sp³-hybridized carbons (Fsp3) is 0.125. The molecule has 3 nitrogen and oxygen atoms in total. The molecule has 0 unspecified atom stereocenters. The first-order valence-electron chi connectivity index (χ1n) is 6.77. The zero-order valence-electron chi connectivity index (χ0n) is 11.9. The van der Waals surface area contributed by atoms with Crippen LogP contribution in [0.1, 0.15) is 11.7 Å². The highest BCUT2D eigenvalue weighted by atomic mass is 35.5. The van der Waals surface area contributed by atoms with Gasteiger partial charge in [-0.3, -0.25) is 0 Å². The van der Waals surface area contributed by atoms with Gasteiger partial charge in [0.05, 0.1) is 11.5 Å². The Morgan fingerprint density at radius 3 is 1.87 bits per heavy atom. The summed E-state index contributed by atoms with van der Waals surface area (Å²) in [7, 11) is 0. The Bertz CT molecular complexity index is 697. The standard InChI is InChI=1S/C16H12Cl2N2OS2/c17-11-1-5-13(6-2-11)22-9-15-19-16(21-20-15)10-23-14-7-3-12(18)4-8-14/h1-8H,9-10H2. The summed E-state index contributed by atoms with van der Waals surface area (Å²) < 4.78 is 5.28. The molecule has 0 saturated carbocycles. The van der Waals surface area contributed by atoms with Gasteiger partial charge in [0.25, 0.3) is 0 Å². The van der Waals surface area contributed by atoms with Gasteiger partial charge in [-0.25, -0.2) is 0 Å². The van der Waals surface area contributed by atoms with Gasteiger partial charge in [-0.05, 0) is 48.5 Å². The predicted molar refractivity (Wildman–Crippen MR) is 96.3 cm³/mol. The fourth-order valence-corrected chi connectivity index (χ4v) is 3.49. The molecule has 0 atom stereocenters. The van der Waals surface area contributed by atoms with Crippen molar-refractivity contribution in [3.8, 4) is 0 Å². The molecule has 3 aromatic rings. The van der Waals surface area contributed by atoms with Crippen LogP contribution < -0.4 is 0 Å². The third-order valence-electron chi connectivity index (χ3n) is 2.87. The van der Waals surface area contributed by atoms with Crippen molar-refractivity contribution in [2.45, 2.75) is 21.3 Å². The van der Waals surface area contributed by atoms with Crippen LogP contribution in [-0.4, -0.2) is 10.1 Å². The number of thioether (sulfide) groups is 2. The third kappa shape index (κ3) is 5.18. The lowest BCUT2D eigenvalue weighted by molar-refractivity contribution is 0.386. The van der Waals surface area contributed by atoms with Crippen molar-refractivity contribution < 1.29 is 4.52 Å². The average Bonchev–Trinajstić information content (AvgIpc) is 3.02. The van der Waals surface area contributed by atoms with Crippen molar-refractivity contribution in [3.05, 3.63) is 70.3 Å². The average molecular weight is 383 g/mol. The molecule has 1 heterocycles. The number of hydrogen-bond acceptors (Lipinski definition) is 5. The van der Waals surface area contributed by atoms with Crippen molar-refractivity contribution in [1.29, 1.82) is 0 Å². The molecule has 2 aromatic carbocycles. The van der Waals surface area contributed by atoms with Gasteiger partial charge in [-0.1, -0.05) is 28.4 Å². The minimum absolute atomic E-state index is 0.622. The lowest BCUT2D eigenvalue weighted by atomic mass is 10.4. The maximum absolute atomic E-state index is 5.87. The number of benzene rings is 2. The Kier molecular flexibility index (Phi) is 5.89. The normalized spacial score (nSPS) is 10.9. The van der Waals surface area contributed by atoms with Crippen molar-refractivity contribution in [1.82, 2.24) is 10.1 Å². The molecule has 0 aliphatic carbocycles. The number of hydrogen-bond donors (Lipinski definition) is 0. The molecule has 118 valence electrons. The molecule has 0 fully saturated rings. The molecule has 3 rings (SSSR count). The van der Waals surface area contributed by atoms with Crippen LogP contribution in [0.25, 0.3) is 0 Å². The summed E-state index contributed by atoms with van der Waals surface area (Å²) in [6.07, 6.45) is 0. The van der Waals surface area contributed by atoms with Crippen LogP contribution in [0.3, 0.4) is 0 Å². The number of halogens is 2. The van der Waals surface area contributed by atoms with E-state index in [1.54, 1.807) is 23.5 Å². The van der Waals surface area contributed by atoms with Gasteiger partial charge >= 0.3 is 0 Å². The summed E-state index contributed by atoms with van der Waals surface area (Å²) in [5.41, 5.74) is 0. The summed E-state index contributed by atoms with van der Waals surface area (Å²) >= 11 is 15.0. The van der Waals surface area contributed by atoms with Gasteiger partial charge in [-0.2, -0.15) is 4.98 Å². The first-order valence-corrected chi connectivity index (χ1v) is 9.50. The molecule has 0 bridgehead atoms. The minimum atomic E-state index is 0.622. The van der Waals surface area contributed by atoms with E-state index >= 15 is 0 Å². The van der Waals surface area contributed by atoms with E-state index in [0.717, 1.165) is 19.8 Å². The van der Waals surface area contributed by atoms with Crippen LogP contribution in [0.5, 0.6) is 0 Å². The van der Waals surface area contributed by atoms with Gasteiger partial charge in [0, 0.05) is 19.8 Å². The monoisotopic (exact) mass is 382 g/mol. The molecule has 7 heteroatoms. The van der Waals surface area contributed by atoms with Gasteiger partial charge in [0.2, 0.25) is 5.89 Å². The van der Waals surface area contributed by atoms with Crippen LogP contribution in [0, 0.1) is 0 Å². The Hall–Kier alpha value is -1.14.